The van der Waals surface area contributed by atoms with Gasteiger partial charge in [-0.05, 0) is 20.3 Å². The van der Waals surface area contributed by atoms with Crippen LogP contribution in [0.2, 0.25) is 0 Å². The van der Waals surface area contributed by atoms with Crippen LogP contribution in [0.15, 0.2) is 17.3 Å². The molecule has 0 aromatic carbocycles. The van der Waals surface area contributed by atoms with Crippen molar-refractivity contribution < 1.29 is 18.3 Å². The number of sulfonamides is 1. The van der Waals surface area contributed by atoms with E-state index in [2.05, 4.69) is 9.82 Å². The van der Waals surface area contributed by atoms with Crippen molar-refractivity contribution in [2.24, 2.45) is 12.5 Å². The van der Waals surface area contributed by atoms with Crippen LogP contribution < -0.4 is 4.72 Å². The van der Waals surface area contributed by atoms with Gasteiger partial charge in [0.25, 0.3) is 0 Å². The smallest absolute Gasteiger partial charge is 0.309 e. The fourth-order valence-electron chi connectivity index (χ4n) is 1.23. The van der Waals surface area contributed by atoms with Gasteiger partial charge in [-0.1, -0.05) is 0 Å². The van der Waals surface area contributed by atoms with E-state index in [-0.39, 0.29) is 17.9 Å². The number of aryl methyl sites for hydroxylation is 1. The fraction of sp³-hybridized carbons (Fsp3) is 0.600. The van der Waals surface area contributed by atoms with E-state index in [4.69, 9.17) is 5.11 Å². The van der Waals surface area contributed by atoms with Crippen LogP contribution in [0.4, 0.5) is 0 Å². The van der Waals surface area contributed by atoms with E-state index in [1.165, 1.54) is 17.1 Å². The number of hydrogen-bond acceptors (Lipinski definition) is 4. The van der Waals surface area contributed by atoms with Crippen molar-refractivity contribution in [2.75, 3.05) is 6.54 Å². The largest absolute Gasteiger partial charge is 0.481 e. The first-order valence-electron chi connectivity index (χ1n) is 5.37. The number of nitrogens with zero attached hydrogens (tertiary/aromatic N) is 2. The second-order valence-corrected chi connectivity index (χ2v) is 6.45. The summed E-state index contributed by atoms with van der Waals surface area (Å²) in [6.07, 6.45) is 2.83. The lowest BCUT2D eigenvalue weighted by Gasteiger charge is -2.18. The molecule has 1 heterocycles. The first-order chi connectivity index (χ1) is 8.15. The Morgan fingerprint density at radius 1 is 1.56 bits per heavy atom. The van der Waals surface area contributed by atoms with Crippen LogP contribution >= 0.6 is 0 Å². The van der Waals surface area contributed by atoms with Gasteiger partial charge in [-0.25, -0.2) is 13.1 Å². The van der Waals surface area contributed by atoms with Crippen molar-refractivity contribution in [3.63, 3.8) is 0 Å². The van der Waals surface area contributed by atoms with Crippen LogP contribution in [0.3, 0.4) is 0 Å². The molecule has 0 amide bonds. The maximum absolute atomic E-state index is 11.8. The lowest BCUT2D eigenvalue weighted by atomic mass is 9.90. The van der Waals surface area contributed by atoms with E-state index in [1.54, 1.807) is 20.9 Å². The molecule has 1 aromatic heterocycles. The molecule has 0 aliphatic carbocycles. The van der Waals surface area contributed by atoms with Gasteiger partial charge in [-0.15, -0.1) is 0 Å². The van der Waals surface area contributed by atoms with E-state index < -0.39 is 21.4 Å². The molecule has 0 spiro atoms. The molecule has 0 radical (unpaired) electrons. The Bertz CT molecular complexity index is 533. The molecule has 0 saturated heterocycles. The summed E-state index contributed by atoms with van der Waals surface area (Å²) in [5.74, 6) is -0.955. The molecule has 18 heavy (non-hydrogen) atoms. The highest BCUT2D eigenvalue weighted by atomic mass is 32.2. The minimum atomic E-state index is -3.61. The lowest BCUT2D eigenvalue weighted by Crippen LogP contribution is -2.31. The average molecular weight is 275 g/mol. The maximum Gasteiger partial charge on any atom is 0.309 e. The summed E-state index contributed by atoms with van der Waals surface area (Å²) in [5.41, 5.74) is -0.961. The number of carboxylic acid groups (broad SMARTS) is 1. The molecule has 102 valence electrons. The Hall–Kier alpha value is -1.41. The Morgan fingerprint density at radius 3 is 2.61 bits per heavy atom. The molecule has 1 aromatic rings. The first-order valence-corrected chi connectivity index (χ1v) is 6.85. The second-order valence-electron chi connectivity index (χ2n) is 4.69. The molecule has 0 aliphatic heterocycles. The Morgan fingerprint density at radius 2 is 2.17 bits per heavy atom. The number of rotatable bonds is 6. The molecule has 0 aliphatic rings. The van der Waals surface area contributed by atoms with Crippen LogP contribution in [0.25, 0.3) is 0 Å². The Kier molecular flexibility index (Phi) is 4.12. The van der Waals surface area contributed by atoms with Crippen LogP contribution in [0, 0.1) is 5.41 Å². The average Bonchev–Trinajstić information content (AvgIpc) is 2.64. The van der Waals surface area contributed by atoms with Crippen LogP contribution in [0.5, 0.6) is 0 Å². The molecular weight excluding hydrogens is 258 g/mol. The SMILES string of the molecule is Cn1cc(S(=O)(=O)NCCC(C)(C)C(=O)O)cn1. The number of carbonyl (C=O) groups is 1. The van der Waals surface area contributed by atoms with E-state index >= 15 is 0 Å². The number of aliphatic carboxylic acids is 1. The predicted octanol–water partition coefficient (Wildman–Crippen LogP) is 0.199. The summed E-state index contributed by atoms with van der Waals surface area (Å²) in [4.78, 5) is 10.9. The van der Waals surface area contributed by atoms with Gasteiger partial charge < -0.3 is 5.11 Å². The van der Waals surface area contributed by atoms with Crippen molar-refractivity contribution >= 4 is 16.0 Å². The summed E-state index contributed by atoms with van der Waals surface area (Å²) in [5, 5.41) is 12.7. The summed E-state index contributed by atoms with van der Waals surface area (Å²) in [7, 11) is -2.00. The van der Waals surface area contributed by atoms with Crippen molar-refractivity contribution in [2.45, 2.75) is 25.2 Å². The maximum atomic E-state index is 11.8. The quantitative estimate of drug-likeness (QED) is 0.772. The highest BCUT2D eigenvalue weighted by Gasteiger charge is 2.27. The third-order valence-corrected chi connectivity index (χ3v) is 4.03. The summed E-state index contributed by atoms with van der Waals surface area (Å²) < 4.78 is 27.3. The van der Waals surface area contributed by atoms with Crippen molar-refractivity contribution in [1.29, 1.82) is 0 Å². The van der Waals surface area contributed by atoms with Gasteiger partial charge in [0.15, 0.2) is 0 Å². The Balaban J connectivity index is 2.62. The molecule has 0 fully saturated rings. The number of hydrogen-bond donors (Lipinski definition) is 2. The standard InChI is InChI=1S/C10H17N3O4S/c1-10(2,9(14)15)4-5-12-18(16,17)8-6-11-13(3)7-8/h6-7,12H,4-5H2,1-3H3,(H,14,15). The normalized spacial score (nSPS) is 12.6. The van der Waals surface area contributed by atoms with E-state index in [9.17, 15) is 13.2 Å². The molecule has 0 atom stereocenters. The molecule has 2 N–H and O–H groups in total. The van der Waals surface area contributed by atoms with Crippen molar-refractivity contribution in [3.05, 3.63) is 12.4 Å². The summed E-state index contributed by atoms with van der Waals surface area (Å²) in [6, 6.07) is 0. The van der Waals surface area contributed by atoms with Crippen LogP contribution in [-0.4, -0.2) is 35.8 Å². The van der Waals surface area contributed by atoms with Gasteiger partial charge >= 0.3 is 5.97 Å². The van der Waals surface area contributed by atoms with Gasteiger partial charge in [-0.2, -0.15) is 5.10 Å². The van der Waals surface area contributed by atoms with E-state index in [0.29, 0.717) is 0 Å². The molecular formula is C10H17N3O4S. The van der Waals surface area contributed by atoms with Gasteiger partial charge in [0.05, 0.1) is 11.6 Å². The zero-order valence-corrected chi connectivity index (χ0v) is 11.4. The number of carboxylic acids is 1. The van der Waals surface area contributed by atoms with Crippen LogP contribution in [-0.2, 0) is 21.9 Å². The van der Waals surface area contributed by atoms with Crippen molar-refractivity contribution in [3.8, 4) is 0 Å². The van der Waals surface area contributed by atoms with Gasteiger partial charge in [-0.3, -0.25) is 9.48 Å². The molecule has 8 heteroatoms. The molecule has 1 rings (SSSR count). The van der Waals surface area contributed by atoms with Gasteiger partial charge in [0.1, 0.15) is 4.90 Å². The lowest BCUT2D eigenvalue weighted by molar-refractivity contribution is -0.147. The topological polar surface area (TPSA) is 101 Å². The number of nitrogens with one attached hydrogen (secondary N) is 1. The Labute approximate surface area is 106 Å². The first kappa shape index (κ1) is 14.7. The summed E-state index contributed by atoms with van der Waals surface area (Å²) >= 11 is 0. The molecule has 0 bridgehead atoms. The zero-order chi connectivity index (χ0) is 14.0. The third kappa shape index (κ3) is 3.54. The van der Waals surface area contributed by atoms with E-state index in [1.807, 2.05) is 0 Å². The third-order valence-electron chi connectivity index (χ3n) is 2.61. The molecule has 0 saturated carbocycles. The zero-order valence-electron chi connectivity index (χ0n) is 10.5. The van der Waals surface area contributed by atoms with Gasteiger partial charge in [0.2, 0.25) is 10.0 Å². The van der Waals surface area contributed by atoms with Gasteiger partial charge in [0, 0.05) is 19.8 Å². The highest BCUT2D eigenvalue weighted by Crippen LogP contribution is 2.19. The van der Waals surface area contributed by atoms with E-state index in [0.717, 1.165) is 0 Å². The van der Waals surface area contributed by atoms with Crippen molar-refractivity contribution in [1.82, 2.24) is 14.5 Å². The molecule has 7 nitrogen and oxygen atoms in total. The monoisotopic (exact) mass is 275 g/mol. The summed E-state index contributed by atoms with van der Waals surface area (Å²) in [6.45, 7) is 3.16. The minimum absolute atomic E-state index is 0.0660. The number of aromatic nitrogens is 2. The van der Waals surface area contributed by atoms with Crippen LogP contribution in [0.1, 0.15) is 20.3 Å². The minimum Gasteiger partial charge on any atom is -0.481 e. The highest BCUT2D eigenvalue weighted by molar-refractivity contribution is 7.89. The fourth-order valence-corrected chi connectivity index (χ4v) is 2.24. The second kappa shape index (κ2) is 5.07. The molecule has 0 unspecified atom stereocenters. The predicted molar refractivity (Wildman–Crippen MR) is 64.4 cm³/mol.